The van der Waals surface area contributed by atoms with E-state index in [0.717, 1.165) is 0 Å². The van der Waals surface area contributed by atoms with E-state index >= 15 is 0 Å². The molecule has 0 saturated heterocycles. The summed E-state index contributed by atoms with van der Waals surface area (Å²) in [5.74, 6) is -0.0930. The second kappa shape index (κ2) is 6.59. The Kier molecular flexibility index (Phi) is 5.39. The van der Waals surface area contributed by atoms with E-state index in [-0.39, 0.29) is 42.2 Å². The Morgan fingerprint density at radius 1 is 1.42 bits per heavy atom. The maximum atomic E-state index is 11.6. The highest BCUT2D eigenvalue weighted by molar-refractivity contribution is 5.86. The van der Waals surface area contributed by atoms with Gasteiger partial charge in [-0.1, -0.05) is 20.8 Å². The van der Waals surface area contributed by atoms with Crippen molar-refractivity contribution in [2.75, 3.05) is 13.7 Å². The van der Waals surface area contributed by atoms with Crippen LogP contribution >= 0.6 is 0 Å². The number of methoxy groups -OCH3 is 1. The standard InChI is InChI=1S/C14H22O5/c1-8-6-12(14(16)17-5)19-13(10(8)3)9(2)7-18-11(4)15/h6,8-10,13H,7H2,1-5H3/t8-,9-,10-,13?/m1/s1. The first kappa shape index (κ1) is 15.5. The van der Waals surface area contributed by atoms with Gasteiger partial charge in [-0.05, 0) is 17.9 Å². The van der Waals surface area contributed by atoms with Crippen LogP contribution in [-0.2, 0) is 23.8 Å². The average Bonchev–Trinajstić information content (AvgIpc) is 2.37. The van der Waals surface area contributed by atoms with Gasteiger partial charge in [-0.15, -0.1) is 0 Å². The van der Waals surface area contributed by atoms with Gasteiger partial charge < -0.3 is 14.2 Å². The molecular formula is C14H22O5. The number of allylic oxidation sites excluding steroid dienone is 1. The molecule has 0 amide bonds. The molecule has 1 rings (SSSR count). The van der Waals surface area contributed by atoms with E-state index in [1.807, 2.05) is 13.8 Å². The van der Waals surface area contributed by atoms with E-state index in [2.05, 4.69) is 11.7 Å². The summed E-state index contributed by atoms with van der Waals surface area (Å²) in [4.78, 5) is 22.4. The van der Waals surface area contributed by atoms with Crippen molar-refractivity contribution < 1.29 is 23.8 Å². The minimum atomic E-state index is -0.469. The van der Waals surface area contributed by atoms with Crippen LogP contribution in [0.15, 0.2) is 11.8 Å². The van der Waals surface area contributed by atoms with E-state index in [4.69, 9.17) is 9.47 Å². The summed E-state index contributed by atoms with van der Waals surface area (Å²) in [5, 5.41) is 0. The van der Waals surface area contributed by atoms with Gasteiger partial charge in [-0.2, -0.15) is 0 Å². The number of carbonyl (C=O) groups is 2. The molecule has 108 valence electrons. The van der Waals surface area contributed by atoms with Crippen LogP contribution in [0.1, 0.15) is 27.7 Å². The molecular weight excluding hydrogens is 248 g/mol. The lowest BCUT2D eigenvalue weighted by Gasteiger charge is -2.36. The van der Waals surface area contributed by atoms with Crippen LogP contribution in [0.25, 0.3) is 0 Å². The van der Waals surface area contributed by atoms with E-state index in [1.165, 1.54) is 14.0 Å². The third-order valence-electron chi connectivity index (χ3n) is 3.52. The van der Waals surface area contributed by atoms with Gasteiger partial charge in [-0.3, -0.25) is 4.79 Å². The van der Waals surface area contributed by atoms with Crippen LogP contribution in [0.3, 0.4) is 0 Å². The number of rotatable bonds is 4. The normalized spacial score (nSPS) is 27.8. The Balaban J connectivity index is 2.75. The smallest absolute Gasteiger partial charge is 0.372 e. The molecule has 1 unspecified atom stereocenters. The quantitative estimate of drug-likeness (QED) is 0.730. The first-order valence-corrected chi connectivity index (χ1v) is 6.47. The van der Waals surface area contributed by atoms with Crippen molar-refractivity contribution >= 4 is 11.9 Å². The number of carbonyl (C=O) groups excluding carboxylic acids is 2. The lowest BCUT2D eigenvalue weighted by molar-refractivity contribution is -0.149. The van der Waals surface area contributed by atoms with Crippen LogP contribution in [0.5, 0.6) is 0 Å². The largest absolute Gasteiger partial charge is 0.483 e. The summed E-state index contributed by atoms with van der Waals surface area (Å²) in [7, 11) is 1.33. The Morgan fingerprint density at radius 3 is 2.58 bits per heavy atom. The zero-order chi connectivity index (χ0) is 14.6. The molecule has 19 heavy (non-hydrogen) atoms. The molecule has 5 heteroatoms. The molecule has 0 aromatic carbocycles. The summed E-state index contributed by atoms with van der Waals surface area (Å²) in [6, 6.07) is 0. The summed E-state index contributed by atoms with van der Waals surface area (Å²) in [5.41, 5.74) is 0. The fourth-order valence-electron chi connectivity index (χ4n) is 2.18. The molecule has 1 heterocycles. The molecule has 0 fully saturated rings. The molecule has 5 nitrogen and oxygen atoms in total. The maximum absolute atomic E-state index is 11.6. The van der Waals surface area contributed by atoms with Crippen molar-refractivity contribution in [3.05, 3.63) is 11.8 Å². The number of esters is 2. The Bertz CT molecular complexity index is 374. The highest BCUT2D eigenvalue weighted by Crippen LogP contribution is 2.32. The lowest BCUT2D eigenvalue weighted by Crippen LogP contribution is -2.39. The fourth-order valence-corrected chi connectivity index (χ4v) is 2.18. The summed E-state index contributed by atoms with van der Waals surface area (Å²) >= 11 is 0. The molecule has 0 aromatic rings. The van der Waals surface area contributed by atoms with E-state index in [0.29, 0.717) is 0 Å². The summed E-state index contributed by atoms with van der Waals surface area (Å²) < 4.78 is 15.4. The molecule has 0 saturated carbocycles. The molecule has 1 aliphatic rings. The molecule has 1 aliphatic heterocycles. The zero-order valence-electron chi connectivity index (χ0n) is 12.1. The van der Waals surface area contributed by atoms with Gasteiger partial charge in [0.25, 0.3) is 0 Å². The van der Waals surface area contributed by atoms with Gasteiger partial charge >= 0.3 is 11.9 Å². The van der Waals surface area contributed by atoms with Crippen LogP contribution in [0.2, 0.25) is 0 Å². The maximum Gasteiger partial charge on any atom is 0.372 e. The highest BCUT2D eigenvalue weighted by atomic mass is 16.6. The van der Waals surface area contributed by atoms with Gasteiger partial charge in [0, 0.05) is 12.8 Å². The van der Waals surface area contributed by atoms with E-state index < -0.39 is 5.97 Å². The van der Waals surface area contributed by atoms with Crippen LogP contribution in [-0.4, -0.2) is 31.8 Å². The van der Waals surface area contributed by atoms with Gasteiger partial charge in [0.05, 0.1) is 13.7 Å². The van der Waals surface area contributed by atoms with Gasteiger partial charge in [0.15, 0.2) is 0 Å². The minimum absolute atomic E-state index is 0.00899. The van der Waals surface area contributed by atoms with Crippen LogP contribution in [0, 0.1) is 17.8 Å². The highest BCUT2D eigenvalue weighted by Gasteiger charge is 2.35. The SMILES string of the molecule is COC(=O)C1=C[C@@H](C)[C@@H](C)C([C@H](C)COC(C)=O)O1. The summed E-state index contributed by atoms with van der Waals surface area (Å²) in [6.45, 7) is 7.69. The van der Waals surface area contributed by atoms with Crippen molar-refractivity contribution in [2.24, 2.45) is 17.8 Å². The first-order chi connectivity index (χ1) is 8.86. The average molecular weight is 270 g/mol. The fraction of sp³-hybridized carbons (Fsp3) is 0.714. The molecule has 0 aromatic heterocycles. The van der Waals surface area contributed by atoms with Gasteiger partial charge in [-0.25, -0.2) is 4.79 Å². The Hall–Kier alpha value is -1.52. The molecule has 4 atom stereocenters. The second-order valence-electron chi connectivity index (χ2n) is 5.10. The molecule has 0 aliphatic carbocycles. The Labute approximate surface area is 113 Å². The molecule has 0 spiro atoms. The predicted octanol–water partition coefficient (Wildman–Crippen LogP) is 1.91. The van der Waals surface area contributed by atoms with Crippen molar-refractivity contribution in [2.45, 2.75) is 33.8 Å². The van der Waals surface area contributed by atoms with Crippen molar-refractivity contribution in [1.29, 1.82) is 0 Å². The topological polar surface area (TPSA) is 61.8 Å². The molecule has 0 bridgehead atoms. The van der Waals surface area contributed by atoms with E-state index in [1.54, 1.807) is 6.08 Å². The number of hydrogen-bond donors (Lipinski definition) is 0. The van der Waals surface area contributed by atoms with Crippen LogP contribution in [0.4, 0.5) is 0 Å². The Morgan fingerprint density at radius 2 is 2.05 bits per heavy atom. The molecule has 0 radical (unpaired) electrons. The first-order valence-electron chi connectivity index (χ1n) is 6.47. The van der Waals surface area contributed by atoms with Crippen molar-refractivity contribution in [3.8, 4) is 0 Å². The van der Waals surface area contributed by atoms with E-state index in [9.17, 15) is 9.59 Å². The lowest BCUT2D eigenvalue weighted by atomic mass is 9.82. The van der Waals surface area contributed by atoms with Gasteiger partial charge in [0.2, 0.25) is 5.76 Å². The predicted molar refractivity (Wildman–Crippen MR) is 69.1 cm³/mol. The zero-order valence-corrected chi connectivity index (χ0v) is 12.1. The third-order valence-corrected chi connectivity index (χ3v) is 3.52. The third kappa shape index (κ3) is 3.98. The van der Waals surface area contributed by atoms with Crippen molar-refractivity contribution in [1.82, 2.24) is 0 Å². The monoisotopic (exact) mass is 270 g/mol. The molecule has 0 N–H and O–H groups in total. The van der Waals surface area contributed by atoms with Gasteiger partial charge in [0.1, 0.15) is 6.10 Å². The number of hydrogen-bond acceptors (Lipinski definition) is 5. The van der Waals surface area contributed by atoms with Crippen LogP contribution < -0.4 is 0 Å². The number of ether oxygens (including phenoxy) is 3. The van der Waals surface area contributed by atoms with Crippen molar-refractivity contribution in [3.63, 3.8) is 0 Å². The second-order valence-corrected chi connectivity index (χ2v) is 5.10. The minimum Gasteiger partial charge on any atom is -0.483 e. The summed E-state index contributed by atoms with van der Waals surface area (Å²) in [6.07, 6.45) is 1.61.